The zero-order valence-electron chi connectivity index (χ0n) is 16.9. The molecule has 2 heterocycles. The van der Waals surface area contributed by atoms with E-state index in [2.05, 4.69) is 25.1 Å². The smallest absolute Gasteiger partial charge is 0.271 e. The van der Waals surface area contributed by atoms with Gasteiger partial charge in [-0.15, -0.1) is 11.8 Å². The number of anilines is 1. The highest BCUT2D eigenvalue weighted by Gasteiger charge is 2.65. The first-order chi connectivity index (χ1) is 14.6. The molecule has 1 saturated heterocycles. The standard InChI is InChI=1S/C25H23NO3S/c1-17-16-25(18-12-14-19(28-2)15-13-18)23(29-20-8-4-3-5-9-20)24(27)26(25)21-10-6-7-11-22(21)30-17/h3-15,17,23H,16H2,1-2H3. The van der Waals surface area contributed by atoms with Crippen molar-refractivity contribution in [3.8, 4) is 11.5 Å². The van der Waals surface area contributed by atoms with Crippen molar-refractivity contribution >= 4 is 23.4 Å². The van der Waals surface area contributed by atoms with E-state index in [-0.39, 0.29) is 5.91 Å². The Morgan fingerprint density at radius 2 is 1.63 bits per heavy atom. The number of rotatable bonds is 4. The van der Waals surface area contributed by atoms with Gasteiger partial charge in [-0.25, -0.2) is 0 Å². The van der Waals surface area contributed by atoms with Gasteiger partial charge in [-0.2, -0.15) is 0 Å². The first-order valence-corrected chi connectivity index (χ1v) is 11.0. The molecule has 0 aromatic heterocycles. The zero-order chi connectivity index (χ0) is 20.7. The number of nitrogens with zero attached hydrogens (tertiary/aromatic N) is 1. The Morgan fingerprint density at radius 3 is 2.37 bits per heavy atom. The van der Waals surface area contributed by atoms with Gasteiger partial charge >= 0.3 is 0 Å². The summed E-state index contributed by atoms with van der Waals surface area (Å²) in [6.07, 6.45) is 0.213. The Labute approximate surface area is 180 Å². The number of carbonyl (C=O) groups is 1. The summed E-state index contributed by atoms with van der Waals surface area (Å²) >= 11 is 1.82. The fourth-order valence-corrected chi connectivity index (χ4v) is 5.81. The van der Waals surface area contributed by atoms with Crippen molar-refractivity contribution in [1.82, 2.24) is 0 Å². The van der Waals surface area contributed by atoms with Crippen LogP contribution in [0.1, 0.15) is 18.9 Å². The van der Waals surface area contributed by atoms with Crippen LogP contribution in [0.3, 0.4) is 0 Å². The van der Waals surface area contributed by atoms with Gasteiger partial charge in [-0.05, 0) is 48.4 Å². The predicted molar refractivity (Wildman–Crippen MR) is 119 cm³/mol. The third-order valence-corrected chi connectivity index (χ3v) is 7.07. The lowest BCUT2D eigenvalue weighted by Gasteiger charge is -2.56. The zero-order valence-corrected chi connectivity index (χ0v) is 17.8. The molecule has 2 aliphatic heterocycles. The molecule has 5 rings (SSSR count). The number of ether oxygens (including phenoxy) is 2. The predicted octanol–water partition coefficient (Wildman–Crippen LogP) is 5.27. The van der Waals surface area contributed by atoms with Crippen molar-refractivity contribution in [2.24, 2.45) is 0 Å². The molecule has 1 amide bonds. The number of β-lactam (4-membered cyclic amide) rings is 1. The van der Waals surface area contributed by atoms with Crippen LogP contribution in [-0.2, 0) is 10.3 Å². The number of thioether (sulfide) groups is 1. The molecule has 0 N–H and O–H groups in total. The van der Waals surface area contributed by atoms with Crippen molar-refractivity contribution in [3.05, 3.63) is 84.4 Å². The lowest BCUT2D eigenvalue weighted by Crippen LogP contribution is -2.74. The molecule has 152 valence electrons. The van der Waals surface area contributed by atoms with Gasteiger partial charge < -0.3 is 9.47 Å². The van der Waals surface area contributed by atoms with Crippen molar-refractivity contribution in [2.45, 2.75) is 35.1 Å². The highest BCUT2D eigenvalue weighted by molar-refractivity contribution is 8.00. The highest BCUT2D eigenvalue weighted by Crippen LogP contribution is 2.55. The van der Waals surface area contributed by atoms with Crippen LogP contribution in [0.25, 0.3) is 0 Å². The average Bonchev–Trinajstić information content (AvgIpc) is 2.90. The van der Waals surface area contributed by atoms with Gasteiger partial charge in [-0.3, -0.25) is 9.69 Å². The lowest BCUT2D eigenvalue weighted by atomic mass is 9.71. The van der Waals surface area contributed by atoms with Gasteiger partial charge in [0.1, 0.15) is 17.0 Å². The number of carbonyl (C=O) groups excluding carboxylic acids is 1. The first kappa shape index (κ1) is 19.1. The topological polar surface area (TPSA) is 38.8 Å². The maximum atomic E-state index is 13.5. The van der Waals surface area contributed by atoms with Crippen LogP contribution >= 0.6 is 11.8 Å². The maximum absolute atomic E-state index is 13.5. The maximum Gasteiger partial charge on any atom is 0.271 e. The second-order valence-electron chi connectivity index (χ2n) is 7.74. The second-order valence-corrected chi connectivity index (χ2v) is 9.22. The highest BCUT2D eigenvalue weighted by atomic mass is 32.2. The molecule has 3 aromatic carbocycles. The van der Waals surface area contributed by atoms with Crippen LogP contribution in [0.2, 0.25) is 0 Å². The average molecular weight is 418 g/mol. The number of para-hydroxylation sites is 2. The van der Waals surface area contributed by atoms with Crippen LogP contribution in [0.15, 0.2) is 83.8 Å². The Balaban J connectivity index is 1.66. The fraction of sp³-hybridized carbons (Fsp3) is 0.240. The van der Waals surface area contributed by atoms with E-state index < -0.39 is 11.6 Å². The Hall–Kier alpha value is -2.92. The van der Waals surface area contributed by atoms with E-state index in [1.165, 1.54) is 0 Å². The molecule has 1 fully saturated rings. The summed E-state index contributed by atoms with van der Waals surface area (Å²) in [6, 6.07) is 25.8. The fourth-order valence-electron chi connectivity index (χ4n) is 4.60. The monoisotopic (exact) mass is 417 g/mol. The molecular formula is C25H23NO3S. The van der Waals surface area contributed by atoms with E-state index >= 15 is 0 Å². The summed E-state index contributed by atoms with van der Waals surface area (Å²) in [5, 5.41) is 0.313. The van der Waals surface area contributed by atoms with Crippen LogP contribution in [0.5, 0.6) is 11.5 Å². The summed E-state index contributed by atoms with van der Waals surface area (Å²) in [7, 11) is 1.66. The Bertz CT molecular complexity index is 1070. The lowest BCUT2D eigenvalue weighted by molar-refractivity contribution is -0.142. The number of fused-ring (bicyclic) bond motifs is 3. The minimum absolute atomic E-state index is 0.00294. The summed E-state index contributed by atoms with van der Waals surface area (Å²) < 4.78 is 11.7. The molecule has 0 bridgehead atoms. The number of hydrogen-bond acceptors (Lipinski definition) is 4. The van der Waals surface area contributed by atoms with E-state index in [4.69, 9.17) is 9.47 Å². The normalized spacial score (nSPS) is 24.9. The van der Waals surface area contributed by atoms with Crippen molar-refractivity contribution < 1.29 is 14.3 Å². The summed E-state index contributed by atoms with van der Waals surface area (Å²) in [5.74, 6) is 1.50. The molecule has 3 unspecified atom stereocenters. The van der Waals surface area contributed by atoms with Crippen LogP contribution in [0.4, 0.5) is 5.69 Å². The molecular weight excluding hydrogens is 394 g/mol. The third-order valence-electron chi connectivity index (χ3n) is 5.90. The number of hydrogen-bond donors (Lipinski definition) is 0. The number of amides is 1. The molecule has 3 aromatic rings. The number of methoxy groups -OCH3 is 1. The van der Waals surface area contributed by atoms with Crippen molar-refractivity contribution in [2.75, 3.05) is 12.0 Å². The van der Waals surface area contributed by atoms with Crippen LogP contribution in [0, 0.1) is 0 Å². The molecule has 3 atom stereocenters. The van der Waals surface area contributed by atoms with Gasteiger partial charge in [-0.1, -0.05) is 49.4 Å². The quantitative estimate of drug-likeness (QED) is 0.542. The second kappa shape index (κ2) is 7.40. The van der Waals surface area contributed by atoms with E-state index in [9.17, 15) is 4.79 Å². The van der Waals surface area contributed by atoms with Gasteiger partial charge in [0.05, 0.1) is 12.8 Å². The minimum Gasteiger partial charge on any atom is -0.497 e. The van der Waals surface area contributed by atoms with Gasteiger partial charge in [0, 0.05) is 10.1 Å². The van der Waals surface area contributed by atoms with E-state index in [0.717, 1.165) is 28.3 Å². The van der Waals surface area contributed by atoms with Crippen molar-refractivity contribution in [3.63, 3.8) is 0 Å². The van der Waals surface area contributed by atoms with E-state index in [0.29, 0.717) is 11.0 Å². The molecule has 0 saturated carbocycles. The van der Waals surface area contributed by atoms with Crippen LogP contribution in [-0.4, -0.2) is 24.4 Å². The molecule has 30 heavy (non-hydrogen) atoms. The Kier molecular flexibility index (Phi) is 4.70. The largest absolute Gasteiger partial charge is 0.497 e. The van der Waals surface area contributed by atoms with Gasteiger partial charge in [0.2, 0.25) is 6.10 Å². The third kappa shape index (κ3) is 2.88. The molecule has 0 spiro atoms. The van der Waals surface area contributed by atoms with E-state index in [1.54, 1.807) is 7.11 Å². The molecule has 0 radical (unpaired) electrons. The Morgan fingerprint density at radius 1 is 0.933 bits per heavy atom. The SMILES string of the molecule is COc1ccc(C23CC(C)Sc4ccccc4N2C(=O)C3Oc2ccccc2)cc1. The first-order valence-electron chi connectivity index (χ1n) is 10.1. The molecule has 2 aliphatic rings. The van der Waals surface area contributed by atoms with E-state index in [1.807, 2.05) is 77.3 Å². The van der Waals surface area contributed by atoms with Gasteiger partial charge in [0.15, 0.2) is 0 Å². The summed E-state index contributed by atoms with van der Waals surface area (Å²) in [4.78, 5) is 16.6. The molecule has 4 nitrogen and oxygen atoms in total. The summed E-state index contributed by atoms with van der Waals surface area (Å²) in [6.45, 7) is 2.22. The van der Waals surface area contributed by atoms with Crippen LogP contribution < -0.4 is 14.4 Å². The number of benzene rings is 3. The molecule has 0 aliphatic carbocycles. The van der Waals surface area contributed by atoms with Crippen molar-refractivity contribution in [1.29, 1.82) is 0 Å². The summed E-state index contributed by atoms with van der Waals surface area (Å²) in [5.41, 5.74) is 1.45. The van der Waals surface area contributed by atoms with Gasteiger partial charge in [0.25, 0.3) is 5.91 Å². The minimum atomic E-state index is -0.581. The molecule has 5 heteroatoms.